The van der Waals surface area contributed by atoms with Crippen molar-refractivity contribution >= 4 is 6.03 Å². The van der Waals surface area contributed by atoms with Crippen molar-refractivity contribution in [3.63, 3.8) is 0 Å². The molecule has 8 heteroatoms. The van der Waals surface area contributed by atoms with Crippen molar-refractivity contribution in [2.45, 2.75) is 32.0 Å². The summed E-state index contributed by atoms with van der Waals surface area (Å²) in [4.78, 5) is 15.1. The van der Waals surface area contributed by atoms with Gasteiger partial charge in [0, 0.05) is 32.2 Å². The molecular formula is C15H24F3N3O2. The normalized spacial score (nSPS) is 23.6. The van der Waals surface area contributed by atoms with Gasteiger partial charge in [0.1, 0.15) is 0 Å². The molecule has 0 unspecified atom stereocenters. The van der Waals surface area contributed by atoms with E-state index >= 15 is 0 Å². The standard InChI is InChI=1S/C15H24F3N3O2/c1-12-10-20(6-7-21(12)11-15(16,17)18)14(22)19-5-2-13-3-8-23-9-4-13/h3,12H,2,4-11H2,1H3,(H,19,22)/t12-/m0/s1. The number of alkyl halides is 3. The number of piperazine rings is 1. The summed E-state index contributed by atoms with van der Waals surface area (Å²) in [6.07, 6.45) is -0.481. The van der Waals surface area contributed by atoms with Gasteiger partial charge < -0.3 is 15.0 Å². The van der Waals surface area contributed by atoms with Crippen LogP contribution in [0.15, 0.2) is 11.6 Å². The van der Waals surface area contributed by atoms with Crippen LogP contribution in [-0.2, 0) is 4.74 Å². The first-order valence-electron chi connectivity index (χ1n) is 7.94. The van der Waals surface area contributed by atoms with E-state index in [2.05, 4.69) is 5.32 Å². The van der Waals surface area contributed by atoms with Crippen molar-refractivity contribution in [2.75, 3.05) is 45.9 Å². The second-order valence-corrected chi connectivity index (χ2v) is 6.05. The van der Waals surface area contributed by atoms with E-state index in [9.17, 15) is 18.0 Å². The molecule has 0 aromatic rings. The molecule has 0 aromatic carbocycles. The molecule has 5 nitrogen and oxygen atoms in total. The monoisotopic (exact) mass is 335 g/mol. The van der Waals surface area contributed by atoms with Gasteiger partial charge >= 0.3 is 12.2 Å². The van der Waals surface area contributed by atoms with Gasteiger partial charge in [0.25, 0.3) is 0 Å². The highest BCUT2D eigenvalue weighted by Gasteiger charge is 2.35. The summed E-state index contributed by atoms with van der Waals surface area (Å²) < 4.78 is 42.6. The van der Waals surface area contributed by atoms with E-state index in [-0.39, 0.29) is 18.6 Å². The number of hydrogen-bond acceptors (Lipinski definition) is 3. The zero-order valence-electron chi connectivity index (χ0n) is 13.4. The van der Waals surface area contributed by atoms with Crippen molar-refractivity contribution in [1.29, 1.82) is 0 Å². The summed E-state index contributed by atoms with van der Waals surface area (Å²) in [5.41, 5.74) is 1.28. The maximum atomic E-state index is 12.5. The summed E-state index contributed by atoms with van der Waals surface area (Å²) in [5.74, 6) is 0. The molecule has 23 heavy (non-hydrogen) atoms. The van der Waals surface area contributed by atoms with Crippen molar-refractivity contribution in [2.24, 2.45) is 0 Å². The summed E-state index contributed by atoms with van der Waals surface area (Å²) in [6.45, 7) is 3.58. The quantitative estimate of drug-likeness (QED) is 0.800. The molecule has 1 saturated heterocycles. The van der Waals surface area contributed by atoms with Crippen molar-refractivity contribution in [3.8, 4) is 0 Å². The zero-order valence-corrected chi connectivity index (χ0v) is 13.4. The molecule has 2 heterocycles. The lowest BCUT2D eigenvalue weighted by Crippen LogP contribution is -2.57. The van der Waals surface area contributed by atoms with Crippen LogP contribution in [0.25, 0.3) is 0 Å². The third-order valence-corrected chi connectivity index (χ3v) is 4.21. The molecule has 1 N–H and O–H groups in total. The molecule has 2 amide bonds. The van der Waals surface area contributed by atoms with Crippen LogP contribution in [0.4, 0.5) is 18.0 Å². The second-order valence-electron chi connectivity index (χ2n) is 6.05. The molecule has 2 aliphatic heterocycles. The number of ether oxygens (including phenoxy) is 1. The smallest absolute Gasteiger partial charge is 0.377 e. The number of urea groups is 1. The molecule has 1 fully saturated rings. The molecule has 0 radical (unpaired) electrons. The highest BCUT2D eigenvalue weighted by molar-refractivity contribution is 5.74. The Balaban J connectivity index is 1.71. The number of nitrogens with zero attached hydrogens (tertiary/aromatic N) is 2. The SMILES string of the molecule is C[C@H]1CN(C(=O)NCCC2=CCOCC2)CCN1CC(F)(F)F. The Hall–Kier alpha value is -1.28. The lowest BCUT2D eigenvalue weighted by molar-refractivity contribution is -0.153. The molecule has 2 rings (SSSR count). The van der Waals surface area contributed by atoms with Crippen LogP contribution in [-0.4, -0.2) is 74.0 Å². The Morgan fingerprint density at radius 2 is 2.22 bits per heavy atom. The first-order chi connectivity index (χ1) is 10.8. The van der Waals surface area contributed by atoms with Crippen LogP contribution in [0, 0.1) is 0 Å². The van der Waals surface area contributed by atoms with Crippen LogP contribution < -0.4 is 5.32 Å². The molecule has 0 spiro atoms. The van der Waals surface area contributed by atoms with Gasteiger partial charge in [-0.05, 0) is 19.8 Å². The third kappa shape index (κ3) is 6.02. The summed E-state index contributed by atoms with van der Waals surface area (Å²) in [7, 11) is 0. The van der Waals surface area contributed by atoms with E-state index in [1.807, 2.05) is 6.08 Å². The van der Waals surface area contributed by atoms with Gasteiger partial charge in [0.2, 0.25) is 0 Å². The number of hydrogen-bond donors (Lipinski definition) is 1. The van der Waals surface area contributed by atoms with E-state index in [0.717, 1.165) is 19.4 Å². The van der Waals surface area contributed by atoms with Gasteiger partial charge in [-0.1, -0.05) is 11.6 Å². The molecule has 2 aliphatic rings. The zero-order chi connectivity index (χ0) is 16.9. The fourth-order valence-corrected chi connectivity index (χ4v) is 2.88. The Morgan fingerprint density at radius 1 is 1.43 bits per heavy atom. The number of carbonyl (C=O) groups excluding carboxylic acids is 1. The minimum Gasteiger partial charge on any atom is -0.377 e. The minimum absolute atomic E-state index is 0.198. The van der Waals surface area contributed by atoms with Crippen LogP contribution >= 0.6 is 0 Å². The number of rotatable bonds is 4. The Bertz CT molecular complexity index is 440. The van der Waals surface area contributed by atoms with Gasteiger partial charge in [-0.2, -0.15) is 13.2 Å². The van der Waals surface area contributed by atoms with Gasteiger partial charge in [-0.25, -0.2) is 4.79 Å². The lowest BCUT2D eigenvalue weighted by atomic mass is 10.1. The van der Waals surface area contributed by atoms with Crippen LogP contribution in [0.5, 0.6) is 0 Å². The molecule has 0 aromatic heterocycles. The Kier molecular flexibility index (Phi) is 6.29. The van der Waals surface area contributed by atoms with Gasteiger partial charge in [-0.3, -0.25) is 4.90 Å². The minimum atomic E-state index is -4.20. The lowest BCUT2D eigenvalue weighted by Gasteiger charge is -2.40. The predicted molar refractivity (Wildman–Crippen MR) is 80.2 cm³/mol. The third-order valence-electron chi connectivity index (χ3n) is 4.21. The number of halogens is 3. The predicted octanol–water partition coefficient (Wildman–Crippen LogP) is 2.00. The fraction of sp³-hybridized carbons (Fsp3) is 0.800. The average molecular weight is 335 g/mol. The summed E-state index contributed by atoms with van der Waals surface area (Å²) in [5, 5.41) is 2.85. The largest absolute Gasteiger partial charge is 0.401 e. The molecule has 0 bridgehead atoms. The maximum Gasteiger partial charge on any atom is 0.401 e. The van der Waals surface area contributed by atoms with Gasteiger partial charge in [0.05, 0.1) is 19.8 Å². The molecular weight excluding hydrogens is 311 g/mol. The Morgan fingerprint density at radius 3 is 2.83 bits per heavy atom. The van der Waals surface area contributed by atoms with Crippen LogP contribution in [0.1, 0.15) is 19.8 Å². The molecule has 132 valence electrons. The number of amides is 2. The highest BCUT2D eigenvalue weighted by Crippen LogP contribution is 2.20. The van der Waals surface area contributed by atoms with E-state index in [1.165, 1.54) is 10.5 Å². The van der Waals surface area contributed by atoms with E-state index in [1.54, 1.807) is 11.8 Å². The highest BCUT2D eigenvalue weighted by atomic mass is 19.4. The van der Waals surface area contributed by atoms with Crippen molar-refractivity contribution in [1.82, 2.24) is 15.1 Å². The Labute approximate surface area is 134 Å². The van der Waals surface area contributed by atoms with E-state index < -0.39 is 12.7 Å². The van der Waals surface area contributed by atoms with E-state index in [4.69, 9.17) is 4.74 Å². The average Bonchev–Trinajstić information content (AvgIpc) is 2.49. The number of nitrogens with one attached hydrogen (secondary N) is 1. The molecule has 1 atom stereocenters. The fourth-order valence-electron chi connectivity index (χ4n) is 2.88. The first-order valence-corrected chi connectivity index (χ1v) is 7.94. The van der Waals surface area contributed by atoms with Crippen LogP contribution in [0.2, 0.25) is 0 Å². The van der Waals surface area contributed by atoms with E-state index in [0.29, 0.717) is 26.2 Å². The molecule has 0 saturated carbocycles. The maximum absolute atomic E-state index is 12.5. The first kappa shape index (κ1) is 18.1. The topological polar surface area (TPSA) is 44.8 Å². The summed E-state index contributed by atoms with van der Waals surface area (Å²) >= 11 is 0. The number of carbonyl (C=O) groups is 1. The van der Waals surface area contributed by atoms with Gasteiger partial charge in [-0.15, -0.1) is 0 Å². The second kappa shape index (κ2) is 8.01. The molecule has 0 aliphatic carbocycles. The summed E-state index contributed by atoms with van der Waals surface area (Å²) in [6, 6.07) is -0.495. The van der Waals surface area contributed by atoms with Crippen LogP contribution in [0.3, 0.4) is 0 Å². The van der Waals surface area contributed by atoms with Crippen molar-refractivity contribution < 1.29 is 22.7 Å². The van der Waals surface area contributed by atoms with Gasteiger partial charge in [0.15, 0.2) is 0 Å². The van der Waals surface area contributed by atoms with Crippen molar-refractivity contribution in [3.05, 3.63) is 11.6 Å².